The van der Waals surface area contributed by atoms with E-state index in [1.807, 2.05) is 59.4 Å². The fourth-order valence-electron chi connectivity index (χ4n) is 2.81. The first-order valence-electron chi connectivity index (χ1n) is 8.45. The molecule has 4 aromatic rings. The number of imidazole rings is 1. The lowest BCUT2D eigenvalue weighted by atomic mass is 10.1. The number of aromatic nitrogens is 4. The van der Waals surface area contributed by atoms with Crippen molar-refractivity contribution in [2.75, 3.05) is 19.0 Å². The fraction of sp³-hybridized carbons (Fsp3) is 0.150. The van der Waals surface area contributed by atoms with E-state index in [1.54, 1.807) is 13.3 Å². The maximum atomic E-state index is 5.22. The number of anilines is 1. The second kappa shape index (κ2) is 7.23. The van der Waals surface area contributed by atoms with E-state index in [1.165, 1.54) is 5.56 Å². The average molecular weight is 345 g/mol. The van der Waals surface area contributed by atoms with Crippen LogP contribution in [0.3, 0.4) is 0 Å². The van der Waals surface area contributed by atoms with E-state index in [0.717, 1.165) is 41.4 Å². The Labute approximate surface area is 151 Å². The quantitative estimate of drug-likeness (QED) is 0.580. The summed E-state index contributed by atoms with van der Waals surface area (Å²) >= 11 is 0. The molecule has 0 radical (unpaired) electrons. The molecule has 0 saturated heterocycles. The molecule has 0 amide bonds. The van der Waals surface area contributed by atoms with Crippen molar-refractivity contribution in [3.05, 3.63) is 72.7 Å². The second-order valence-electron chi connectivity index (χ2n) is 5.90. The Morgan fingerprint density at radius 2 is 1.92 bits per heavy atom. The molecule has 26 heavy (non-hydrogen) atoms. The van der Waals surface area contributed by atoms with Crippen molar-refractivity contribution in [3.63, 3.8) is 0 Å². The third-order valence-electron chi connectivity index (χ3n) is 4.19. The third-order valence-corrected chi connectivity index (χ3v) is 4.19. The lowest BCUT2D eigenvalue weighted by Crippen LogP contribution is -2.08. The van der Waals surface area contributed by atoms with Gasteiger partial charge >= 0.3 is 0 Å². The standard InChI is InChI=1S/C20H19N5O/c1-26-17-6-4-16(5-7-17)18-14-23-20-9-8-19(24-25(18)20)22-12-10-15-3-2-11-21-13-15/h2-9,11,13-14H,10,12H2,1H3,(H,22,24). The normalized spacial score (nSPS) is 10.8. The van der Waals surface area contributed by atoms with Gasteiger partial charge in [-0.2, -0.15) is 0 Å². The van der Waals surface area contributed by atoms with Gasteiger partial charge < -0.3 is 10.1 Å². The van der Waals surface area contributed by atoms with Crippen LogP contribution in [0.2, 0.25) is 0 Å². The van der Waals surface area contributed by atoms with Crippen LogP contribution in [0, 0.1) is 0 Å². The first-order valence-corrected chi connectivity index (χ1v) is 8.45. The second-order valence-corrected chi connectivity index (χ2v) is 5.90. The molecule has 0 aliphatic carbocycles. The van der Waals surface area contributed by atoms with E-state index in [2.05, 4.69) is 26.4 Å². The molecular formula is C20H19N5O. The van der Waals surface area contributed by atoms with E-state index >= 15 is 0 Å². The van der Waals surface area contributed by atoms with Crippen LogP contribution in [-0.4, -0.2) is 33.2 Å². The van der Waals surface area contributed by atoms with Crippen LogP contribution in [0.4, 0.5) is 5.82 Å². The smallest absolute Gasteiger partial charge is 0.154 e. The summed E-state index contributed by atoms with van der Waals surface area (Å²) in [4.78, 5) is 8.58. The molecule has 1 aromatic carbocycles. The molecule has 1 N–H and O–H groups in total. The Balaban J connectivity index is 1.54. The number of fused-ring (bicyclic) bond motifs is 1. The minimum Gasteiger partial charge on any atom is -0.497 e. The van der Waals surface area contributed by atoms with Gasteiger partial charge in [0.1, 0.15) is 11.6 Å². The van der Waals surface area contributed by atoms with E-state index in [4.69, 9.17) is 4.74 Å². The number of methoxy groups -OCH3 is 1. The van der Waals surface area contributed by atoms with Gasteiger partial charge in [0.2, 0.25) is 0 Å². The molecule has 0 atom stereocenters. The molecule has 0 bridgehead atoms. The largest absolute Gasteiger partial charge is 0.497 e. The lowest BCUT2D eigenvalue weighted by molar-refractivity contribution is 0.415. The molecule has 3 aromatic heterocycles. The highest BCUT2D eigenvalue weighted by Crippen LogP contribution is 2.23. The van der Waals surface area contributed by atoms with Gasteiger partial charge in [-0.1, -0.05) is 6.07 Å². The SMILES string of the molecule is COc1ccc(-c2cnc3ccc(NCCc4cccnc4)nn23)cc1. The van der Waals surface area contributed by atoms with E-state index in [-0.39, 0.29) is 0 Å². The molecule has 0 fully saturated rings. The number of hydrogen-bond acceptors (Lipinski definition) is 5. The van der Waals surface area contributed by atoms with Crippen LogP contribution in [0.15, 0.2) is 67.1 Å². The minimum atomic E-state index is 0.788. The monoisotopic (exact) mass is 345 g/mol. The summed E-state index contributed by atoms with van der Waals surface area (Å²) < 4.78 is 7.08. The van der Waals surface area contributed by atoms with Crippen molar-refractivity contribution < 1.29 is 4.74 Å². The number of rotatable bonds is 6. The Morgan fingerprint density at radius 3 is 2.69 bits per heavy atom. The molecule has 0 unspecified atom stereocenters. The summed E-state index contributed by atoms with van der Waals surface area (Å²) in [6, 6.07) is 15.8. The Kier molecular flexibility index (Phi) is 4.47. The number of pyridine rings is 1. The maximum absolute atomic E-state index is 5.22. The summed E-state index contributed by atoms with van der Waals surface area (Å²) in [5.41, 5.74) is 3.99. The first kappa shape index (κ1) is 16.1. The highest BCUT2D eigenvalue weighted by atomic mass is 16.5. The van der Waals surface area contributed by atoms with Crippen LogP contribution >= 0.6 is 0 Å². The molecular weight excluding hydrogens is 326 g/mol. The highest BCUT2D eigenvalue weighted by molar-refractivity contribution is 5.64. The first-order chi connectivity index (χ1) is 12.8. The number of benzene rings is 1. The molecule has 3 heterocycles. The summed E-state index contributed by atoms with van der Waals surface area (Å²) in [5, 5.41) is 8.05. The van der Waals surface area contributed by atoms with Gasteiger partial charge in [0.25, 0.3) is 0 Å². The van der Waals surface area contributed by atoms with Crippen molar-refractivity contribution in [2.45, 2.75) is 6.42 Å². The average Bonchev–Trinajstić information content (AvgIpc) is 3.12. The van der Waals surface area contributed by atoms with Crippen LogP contribution in [0.5, 0.6) is 5.75 Å². The lowest BCUT2D eigenvalue weighted by Gasteiger charge is -2.07. The number of hydrogen-bond donors (Lipinski definition) is 1. The van der Waals surface area contributed by atoms with Gasteiger partial charge in [-0.25, -0.2) is 9.50 Å². The number of nitrogens with one attached hydrogen (secondary N) is 1. The highest BCUT2D eigenvalue weighted by Gasteiger charge is 2.08. The van der Waals surface area contributed by atoms with E-state index in [0.29, 0.717) is 0 Å². The van der Waals surface area contributed by atoms with Crippen molar-refractivity contribution >= 4 is 11.5 Å². The molecule has 0 spiro atoms. The van der Waals surface area contributed by atoms with Gasteiger partial charge in [0.05, 0.1) is 19.0 Å². The predicted octanol–water partition coefficient (Wildman–Crippen LogP) is 3.45. The summed E-state index contributed by atoms with van der Waals surface area (Å²) in [6.07, 6.45) is 6.40. The topological polar surface area (TPSA) is 64.3 Å². The summed E-state index contributed by atoms with van der Waals surface area (Å²) in [7, 11) is 1.66. The van der Waals surface area contributed by atoms with Crippen LogP contribution in [0.1, 0.15) is 5.56 Å². The third kappa shape index (κ3) is 3.35. The molecule has 0 aliphatic heterocycles. The summed E-state index contributed by atoms with van der Waals surface area (Å²) in [5.74, 6) is 1.64. The maximum Gasteiger partial charge on any atom is 0.154 e. The minimum absolute atomic E-state index is 0.788. The summed E-state index contributed by atoms with van der Waals surface area (Å²) in [6.45, 7) is 0.788. The van der Waals surface area contributed by atoms with Gasteiger partial charge in [0.15, 0.2) is 5.65 Å². The van der Waals surface area contributed by atoms with Crippen molar-refractivity contribution in [1.82, 2.24) is 19.6 Å². The predicted molar refractivity (Wildman–Crippen MR) is 101 cm³/mol. The Hall–Kier alpha value is -3.41. The number of ether oxygens (including phenoxy) is 1. The zero-order valence-corrected chi connectivity index (χ0v) is 14.5. The molecule has 130 valence electrons. The van der Waals surface area contributed by atoms with Crippen LogP contribution in [0.25, 0.3) is 16.9 Å². The zero-order chi connectivity index (χ0) is 17.8. The zero-order valence-electron chi connectivity index (χ0n) is 14.5. The van der Waals surface area contributed by atoms with Gasteiger partial charge in [-0.05, 0) is 54.4 Å². The van der Waals surface area contributed by atoms with Gasteiger partial charge in [-0.3, -0.25) is 4.98 Å². The molecule has 6 nitrogen and oxygen atoms in total. The van der Waals surface area contributed by atoms with Crippen LogP contribution in [-0.2, 0) is 6.42 Å². The van der Waals surface area contributed by atoms with Crippen molar-refractivity contribution in [1.29, 1.82) is 0 Å². The molecule has 4 rings (SSSR count). The molecule has 6 heteroatoms. The number of nitrogens with zero attached hydrogens (tertiary/aromatic N) is 4. The fourth-order valence-corrected chi connectivity index (χ4v) is 2.81. The van der Waals surface area contributed by atoms with Crippen molar-refractivity contribution in [2.24, 2.45) is 0 Å². The van der Waals surface area contributed by atoms with Crippen molar-refractivity contribution in [3.8, 4) is 17.0 Å². The Morgan fingerprint density at radius 1 is 1.04 bits per heavy atom. The molecule has 0 saturated carbocycles. The Bertz CT molecular complexity index is 996. The molecule has 0 aliphatic rings. The van der Waals surface area contributed by atoms with Gasteiger partial charge in [-0.15, -0.1) is 5.10 Å². The van der Waals surface area contributed by atoms with Crippen LogP contribution < -0.4 is 10.1 Å². The van der Waals surface area contributed by atoms with E-state index < -0.39 is 0 Å². The van der Waals surface area contributed by atoms with Gasteiger partial charge in [0, 0.05) is 24.5 Å². The van der Waals surface area contributed by atoms with E-state index in [9.17, 15) is 0 Å².